The van der Waals surface area contributed by atoms with Crippen molar-refractivity contribution < 1.29 is 22.8 Å². The van der Waals surface area contributed by atoms with Gasteiger partial charge in [0.1, 0.15) is 18.5 Å². The second kappa shape index (κ2) is 10.8. The maximum atomic E-state index is 11.4. The molecule has 1 atom stereocenters. The second-order valence-corrected chi connectivity index (χ2v) is 11.8. The molecule has 3 heterocycles. The third-order valence-corrected chi connectivity index (χ3v) is 7.99. The average Bonchev–Trinajstić information content (AvgIpc) is 3.49. The van der Waals surface area contributed by atoms with Crippen molar-refractivity contribution in [3.63, 3.8) is 0 Å². The molecule has 0 aliphatic carbocycles. The van der Waals surface area contributed by atoms with Gasteiger partial charge in [-0.05, 0) is 43.3 Å². The summed E-state index contributed by atoms with van der Waals surface area (Å²) >= 11 is 1.65. The van der Waals surface area contributed by atoms with Crippen LogP contribution in [-0.4, -0.2) is 83.9 Å². The largest absolute Gasteiger partial charge is 0.491 e. The molecular weight excluding hydrogens is 516 g/mol. The molecule has 4 aromatic rings. The topological polar surface area (TPSA) is 148 Å². The first-order valence-electron chi connectivity index (χ1n) is 11.8. The summed E-state index contributed by atoms with van der Waals surface area (Å²) in [6.45, 7) is 6.45. The van der Waals surface area contributed by atoms with Crippen LogP contribution in [0.5, 0.6) is 5.75 Å². The Morgan fingerprint density at radius 3 is 2.57 bits per heavy atom. The van der Waals surface area contributed by atoms with Crippen LogP contribution in [0, 0.1) is 6.92 Å². The molecule has 196 valence electrons. The maximum absolute atomic E-state index is 11.4. The van der Waals surface area contributed by atoms with E-state index in [1.54, 1.807) is 23.5 Å². The third-order valence-electron chi connectivity index (χ3n) is 6.11. The summed E-state index contributed by atoms with van der Waals surface area (Å²) in [7, 11) is -3.75. The average molecular weight is 545 g/mol. The first-order valence-corrected chi connectivity index (χ1v) is 14.2. The molecule has 1 aliphatic rings. The fraction of sp³-hybridized carbons (Fsp3) is 0.375. The van der Waals surface area contributed by atoms with Crippen LogP contribution in [0.2, 0.25) is 0 Å². The normalized spacial score (nSPS) is 16.3. The van der Waals surface area contributed by atoms with E-state index in [-0.39, 0.29) is 11.5 Å². The minimum Gasteiger partial charge on any atom is -0.491 e. The Balaban J connectivity index is 1.06. The van der Waals surface area contributed by atoms with E-state index in [4.69, 9.17) is 14.4 Å². The Kier molecular flexibility index (Phi) is 7.51. The smallest absolute Gasteiger partial charge is 0.241 e. The molecular formula is C24H28N6O5S2. The summed E-state index contributed by atoms with van der Waals surface area (Å²) < 4.78 is 35.2. The number of hydrogen-bond acceptors (Lipinski definition) is 11. The number of fused-ring (bicyclic) bond motifs is 1. The Morgan fingerprint density at radius 2 is 1.84 bits per heavy atom. The molecule has 37 heavy (non-hydrogen) atoms. The first-order chi connectivity index (χ1) is 17.7. The van der Waals surface area contributed by atoms with Crippen LogP contribution in [0.4, 0.5) is 0 Å². The molecule has 0 spiro atoms. The monoisotopic (exact) mass is 544 g/mol. The first kappa shape index (κ1) is 25.7. The highest BCUT2D eigenvalue weighted by atomic mass is 32.2. The van der Waals surface area contributed by atoms with E-state index in [2.05, 4.69) is 24.9 Å². The minimum atomic E-state index is -3.75. The molecule has 5 rings (SSSR count). The number of aryl methyl sites for hydroxylation is 1. The van der Waals surface area contributed by atoms with E-state index in [0.717, 1.165) is 41.4 Å². The summed E-state index contributed by atoms with van der Waals surface area (Å²) in [6.07, 6.45) is -0.599. The number of piperazine rings is 1. The van der Waals surface area contributed by atoms with E-state index in [1.165, 1.54) is 12.1 Å². The number of rotatable bonds is 9. The molecule has 0 saturated carbocycles. The van der Waals surface area contributed by atoms with Crippen LogP contribution in [0.15, 0.2) is 51.9 Å². The van der Waals surface area contributed by atoms with Gasteiger partial charge >= 0.3 is 0 Å². The third kappa shape index (κ3) is 6.50. The van der Waals surface area contributed by atoms with Crippen molar-refractivity contribution in [1.82, 2.24) is 24.9 Å². The van der Waals surface area contributed by atoms with Gasteiger partial charge in [-0.2, -0.15) is 4.98 Å². The number of nitrogens with two attached hydrogens (primary N) is 1. The zero-order valence-electron chi connectivity index (χ0n) is 20.3. The lowest BCUT2D eigenvalue weighted by Gasteiger charge is -2.34. The molecule has 0 bridgehead atoms. The highest BCUT2D eigenvalue weighted by Gasteiger charge is 2.22. The maximum Gasteiger partial charge on any atom is 0.241 e. The number of thiazole rings is 1. The van der Waals surface area contributed by atoms with Gasteiger partial charge in [-0.1, -0.05) is 5.16 Å². The van der Waals surface area contributed by atoms with Gasteiger partial charge in [0.05, 0.1) is 26.7 Å². The van der Waals surface area contributed by atoms with Gasteiger partial charge in [0.15, 0.2) is 0 Å². The molecule has 2 aromatic carbocycles. The number of aromatic nitrogens is 3. The van der Waals surface area contributed by atoms with Crippen LogP contribution in [0.1, 0.15) is 10.9 Å². The highest BCUT2D eigenvalue weighted by molar-refractivity contribution is 7.89. The Morgan fingerprint density at radius 1 is 1.11 bits per heavy atom. The fourth-order valence-corrected chi connectivity index (χ4v) is 5.53. The van der Waals surface area contributed by atoms with Gasteiger partial charge in [0.2, 0.25) is 21.7 Å². The van der Waals surface area contributed by atoms with Crippen LogP contribution in [-0.2, 0) is 16.6 Å². The van der Waals surface area contributed by atoms with Gasteiger partial charge in [0, 0.05) is 44.4 Å². The second-order valence-electron chi connectivity index (χ2n) is 8.99. The number of β-amino-alcohol motifs (C(OH)–C–C–N with tert-alkyl or cyclic N) is 1. The molecule has 1 fully saturated rings. The predicted molar refractivity (Wildman–Crippen MR) is 139 cm³/mol. The van der Waals surface area contributed by atoms with Crippen molar-refractivity contribution in [3.8, 4) is 17.1 Å². The van der Waals surface area contributed by atoms with Gasteiger partial charge in [-0.25, -0.2) is 18.5 Å². The molecule has 3 N–H and O–H groups in total. The molecule has 13 heteroatoms. The lowest BCUT2D eigenvalue weighted by atomic mass is 10.2. The summed E-state index contributed by atoms with van der Waals surface area (Å²) in [5, 5.41) is 20.6. The number of aliphatic hydroxyl groups is 1. The van der Waals surface area contributed by atoms with E-state index >= 15 is 0 Å². The van der Waals surface area contributed by atoms with Crippen molar-refractivity contribution in [1.29, 1.82) is 0 Å². The van der Waals surface area contributed by atoms with Gasteiger partial charge in [-0.3, -0.25) is 9.80 Å². The molecule has 0 amide bonds. The lowest BCUT2D eigenvalue weighted by molar-refractivity contribution is 0.0426. The van der Waals surface area contributed by atoms with E-state index in [0.29, 0.717) is 36.1 Å². The molecule has 11 nitrogen and oxygen atoms in total. The molecule has 2 aromatic heterocycles. The van der Waals surface area contributed by atoms with Crippen molar-refractivity contribution in [2.45, 2.75) is 24.5 Å². The van der Waals surface area contributed by atoms with Gasteiger partial charge in [0.25, 0.3) is 0 Å². The fourth-order valence-electron chi connectivity index (χ4n) is 4.21. The summed E-state index contributed by atoms with van der Waals surface area (Å²) in [6, 6.07) is 11.8. The summed E-state index contributed by atoms with van der Waals surface area (Å²) in [5.74, 6) is 1.59. The Bertz CT molecular complexity index is 1460. The van der Waals surface area contributed by atoms with Crippen molar-refractivity contribution in [2.24, 2.45) is 5.14 Å². The highest BCUT2D eigenvalue weighted by Crippen LogP contribution is 2.25. The van der Waals surface area contributed by atoms with Crippen molar-refractivity contribution in [3.05, 3.63) is 53.4 Å². The number of hydrogen-bond donors (Lipinski definition) is 2. The number of primary sulfonamides is 1. The number of benzene rings is 2. The number of sulfonamides is 1. The predicted octanol–water partition coefficient (Wildman–Crippen LogP) is 1.86. The van der Waals surface area contributed by atoms with Crippen LogP contribution in [0.25, 0.3) is 21.6 Å². The standard InChI is InChI=1S/C24H28N6O5S2/c1-16-26-21-12-19(4-7-22(21)36-16)34-15-18(31)13-29-8-10-30(11-9-29)14-23-27-24(28-35-23)17-2-5-20(6-3-17)37(25,32)33/h2-7,12,18,31H,8-11,13-15H2,1H3,(H2,25,32,33). The zero-order valence-corrected chi connectivity index (χ0v) is 21.9. The number of ether oxygens (including phenoxy) is 1. The van der Waals surface area contributed by atoms with Gasteiger partial charge in [-0.15, -0.1) is 11.3 Å². The molecule has 0 radical (unpaired) electrons. The SMILES string of the molecule is Cc1nc2cc(OCC(O)CN3CCN(Cc4nc(-c5ccc(S(N)(=O)=O)cc5)no4)CC3)ccc2s1. The number of nitrogens with zero attached hydrogens (tertiary/aromatic N) is 5. The molecule has 1 aliphatic heterocycles. The summed E-state index contributed by atoms with van der Waals surface area (Å²) in [5.41, 5.74) is 1.56. The van der Waals surface area contributed by atoms with Crippen molar-refractivity contribution >= 4 is 31.6 Å². The van der Waals surface area contributed by atoms with Crippen LogP contribution >= 0.6 is 11.3 Å². The van der Waals surface area contributed by atoms with Crippen molar-refractivity contribution in [2.75, 3.05) is 39.3 Å². The summed E-state index contributed by atoms with van der Waals surface area (Å²) in [4.78, 5) is 13.4. The quantitative estimate of drug-likeness (QED) is 0.320. The molecule has 1 unspecified atom stereocenters. The van der Waals surface area contributed by atoms with E-state index in [1.807, 2.05) is 25.1 Å². The van der Waals surface area contributed by atoms with Crippen LogP contribution < -0.4 is 9.88 Å². The van der Waals surface area contributed by atoms with Crippen LogP contribution in [0.3, 0.4) is 0 Å². The number of aliphatic hydroxyl groups excluding tert-OH is 1. The Hall–Kier alpha value is -2.94. The minimum absolute atomic E-state index is 0.0294. The van der Waals surface area contributed by atoms with Gasteiger partial charge < -0.3 is 14.4 Å². The van der Waals surface area contributed by atoms with E-state index < -0.39 is 16.1 Å². The Labute approximate surface area is 218 Å². The van der Waals surface area contributed by atoms with E-state index in [9.17, 15) is 13.5 Å². The molecule has 1 saturated heterocycles. The lowest BCUT2D eigenvalue weighted by Crippen LogP contribution is -2.48. The zero-order chi connectivity index (χ0) is 26.0.